The van der Waals surface area contributed by atoms with Gasteiger partial charge in [-0.3, -0.25) is 0 Å². The molecule has 0 atom stereocenters. The summed E-state index contributed by atoms with van der Waals surface area (Å²) in [5.41, 5.74) is 6.67. The first-order chi connectivity index (χ1) is 8.16. The maximum atomic E-state index is 13.3. The molecule has 0 radical (unpaired) electrons. The van der Waals surface area contributed by atoms with Crippen molar-refractivity contribution in [2.24, 2.45) is 0 Å². The zero-order chi connectivity index (χ0) is 12.3. The monoisotopic (exact) mass is 251 g/mol. The molecular formula is C13H11ClFNO. The minimum Gasteiger partial charge on any atom is -0.487 e. The Hall–Kier alpha value is -1.74. The Balaban J connectivity index is 2.12. The summed E-state index contributed by atoms with van der Waals surface area (Å²) in [5.74, 6) is 0.161. The third-order valence-electron chi connectivity index (χ3n) is 2.32. The Morgan fingerprint density at radius 2 is 1.94 bits per heavy atom. The van der Waals surface area contributed by atoms with Crippen molar-refractivity contribution >= 4 is 17.3 Å². The lowest BCUT2D eigenvalue weighted by Gasteiger charge is -2.09. The number of benzene rings is 2. The number of nitrogen functional groups attached to an aromatic ring is 1. The van der Waals surface area contributed by atoms with Crippen LogP contribution in [0.4, 0.5) is 10.1 Å². The predicted octanol–water partition coefficient (Wildman–Crippen LogP) is 3.64. The molecule has 0 saturated heterocycles. The fourth-order valence-corrected chi connectivity index (χ4v) is 1.57. The van der Waals surface area contributed by atoms with Crippen LogP contribution in [0.5, 0.6) is 5.75 Å². The first-order valence-corrected chi connectivity index (χ1v) is 5.46. The minimum atomic E-state index is -0.298. The highest BCUT2D eigenvalue weighted by atomic mass is 35.5. The second-order valence-electron chi connectivity index (χ2n) is 3.56. The molecule has 0 spiro atoms. The summed E-state index contributed by atoms with van der Waals surface area (Å²) >= 11 is 5.82. The van der Waals surface area contributed by atoms with Gasteiger partial charge in [0.2, 0.25) is 0 Å². The second-order valence-corrected chi connectivity index (χ2v) is 4.00. The second kappa shape index (κ2) is 5.06. The molecule has 2 nitrogen and oxygen atoms in total. The lowest BCUT2D eigenvalue weighted by molar-refractivity contribution is 0.301. The Morgan fingerprint density at radius 3 is 2.71 bits per heavy atom. The molecule has 0 aliphatic heterocycles. The Labute approximate surface area is 104 Å². The normalized spacial score (nSPS) is 10.2. The Morgan fingerprint density at radius 1 is 1.18 bits per heavy atom. The van der Waals surface area contributed by atoms with E-state index in [1.54, 1.807) is 36.4 Å². The summed E-state index contributed by atoms with van der Waals surface area (Å²) in [4.78, 5) is 0. The molecule has 0 fully saturated rings. The summed E-state index contributed by atoms with van der Waals surface area (Å²) in [6.07, 6.45) is 0. The molecule has 0 unspecified atom stereocenters. The number of rotatable bonds is 3. The highest BCUT2D eigenvalue weighted by Gasteiger charge is 2.04. The van der Waals surface area contributed by atoms with Gasteiger partial charge in [0, 0.05) is 16.7 Å². The summed E-state index contributed by atoms with van der Waals surface area (Å²) in [7, 11) is 0. The molecule has 2 aromatic rings. The number of hydrogen-bond donors (Lipinski definition) is 1. The molecule has 17 heavy (non-hydrogen) atoms. The van der Waals surface area contributed by atoms with Gasteiger partial charge in [-0.25, -0.2) is 4.39 Å². The van der Waals surface area contributed by atoms with Gasteiger partial charge in [-0.2, -0.15) is 0 Å². The maximum Gasteiger partial charge on any atom is 0.144 e. The van der Waals surface area contributed by atoms with E-state index in [0.29, 0.717) is 22.0 Å². The molecule has 0 amide bonds. The summed E-state index contributed by atoms with van der Waals surface area (Å²) in [6.45, 7) is 0.122. The third-order valence-corrected chi connectivity index (χ3v) is 2.55. The van der Waals surface area contributed by atoms with E-state index in [-0.39, 0.29) is 12.4 Å². The van der Waals surface area contributed by atoms with Crippen molar-refractivity contribution in [1.29, 1.82) is 0 Å². The summed E-state index contributed by atoms with van der Waals surface area (Å²) < 4.78 is 18.8. The lowest BCUT2D eigenvalue weighted by atomic mass is 10.2. The number of halogens is 2. The maximum absolute atomic E-state index is 13.3. The topological polar surface area (TPSA) is 35.2 Å². The highest BCUT2D eigenvalue weighted by molar-refractivity contribution is 6.30. The van der Waals surface area contributed by atoms with Gasteiger partial charge >= 0.3 is 0 Å². The van der Waals surface area contributed by atoms with E-state index in [0.717, 1.165) is 0 Å². The zero-order valence-electron chi connectivity index (χ0n) is 8.99. The molecule has 2 aromatic carbocycles. The number of ether oxygens (including phenoxy) is 1. The number of anilines is 1. The van der Waals surface area contributed by atoms with Crippen LogP contribution in [0.2, 0.25) is 5.02 Å². The quantitative estimate of drug-likeness (QED) is 0.846. The number of nitrogens with two attached hydrogens (primary N) is 1. The fourth-order valence-electron chi connectivity index (χ4n) is 1.40. The molecule has 0 aromatic heterocycles. The van der Waals surface area contributed by atoms with Crippen molar-refractivity contribution in [2.75, 3.05) is 5.73 Å². The van der Waals surface area contributed by atoms with Crippen molar-refractivity contribution in [3.63, 3.8) is 0 Å². The van der Waals surface area contributed by atoms with Gasteiger partial charge in [0.15, 0.2) is 0 Å². The van der Waals surface area contributed by atoms with Gasteiger partial charge in [-0.15, -0.1) is 0 Å². The fraction of sp³-hybridized carbons (Fsp3) is 0.0769. The zero-order valence-corrected chi connectivity index (χ0v) is 9.75. The van der Waals surface area contributed by atoms with E-state index in [9.17, 15) is 4.39 Å². The van der Waals surface area contributed by atoms with Gasteiger partial charge in [0.25, 0.3) is 0 Å². The van der Waals surface area contributed by atoms with Gasteiger partial charge in [-0.05, 0) is 18.2 Å². The van der Waals surface area contributed by atoms with Crippen LogP contribution >= 0.6 is 11.6 Å². The molecule has 88 valence electrons. The van der Waals surface area contributed by atoms with Gasteiger partial charge < -0.3 is 10.5 Å². The van der Waals surface area contributed by atoms with Gasteiger partial charge in [0.1, 0.15) is 18.2 Å². The van der Waals surface area contributed by atoms with Gasteiger partial charge in [-0.1, -0.05) is 29.8 Å². The van der Waals surface area contributed by atoms with Crippen LogP contribution in [0, 0.1) is 5.82 Å². The molecular weight excluding hydrogens is 241 g/mol. The Kier molecular flexibility index (Phi) is 3.49. The lowest BCUT2D eigenvalue weighted by Crippen LogP contribution is -2.00. The Bertz CT molecular complexity index is 531. The van der Waals surface area contributed by atoms with Crippen LogP contribution in [-0.2, 0) is 6.61 Å². The summed E-state index contributed by atoms with van der Waals surface area (Å²) in [6, 6.07) is 11.4. The molecule has 2 N–H and O–H groups in total. The van der Waals surface area contributed by atoms with Crippen LogP contribution in [0.1, 0.15) is 5.56 Å². The standard InChI is InChI=1S/C13H11ClFNO/c14-10-5-6-12(16)13(7-10)17-8-9-3-1-2-4-11(9)15/h1-7H,8,16H2. The smallest absolute Gasteiger partial charge is 0.144 e. The van der Waals surface area contributed by atoms with E-state index in [4.69, 9.17) is 22.1 Å². The first-order valence-electron chi connectivity index (χ1n) is 5.08. The van der Waals surface area contributed by atoms with Crippen LogP contribution in [0.15, 0.2) is 42.5 Å². The largest absolute Gasteiger partial charge is 0.487 e. The van der Waals surface area contributed by atoms with Crippen molar-refractivity contribution in [1.82, 2.24) is 0 Å². The highest BCUT2D eigenvalue weighted by Crippen LogP contribution is 2.26. The summed E-state index contributed by atoms with van der Waals surface area (Å²) in [5, 5.41) is 0.530. The van der Waals surface area contributed by atoms with E-state index in [2.05, 4.69) is 0 Å². The molecule has 0 saturated carbocycles. The molecule has 0 heterocycles. The average Bonchev–Trinajstić information content (AvgIpc) is 2.32. The van der Waals surface area contributed by atoms with Crippen LogP contribution < -0.4 is 10.5 Å². The molecule has 0 aliphatic rings. The molecule has 4 heteroatoms. The van der Waals surface area contributed by atoms with Crippen molar-refractivity contribution in [3.05, 3.63) is 58.9 Å². The van der Waals surface area contributed by atoms with E-state index < -0.39 is 0 Å². The van der Waals surface area contributed by atoms with Crippen molar-refractivity contribution in [2.45, 2.75) is 6.61 Å². The van der Waals surface area contributed by atoms with Crippen molar-refractivity contribution in [3.8, 4) is 5.75 Å². The average molecular weight is 252 g/mol. The third kappa shape index (κ3) is 2.88. The van der Waals surface area contributed by atoms with Crippen molar-refractivity contribution < 1.29 is 9.13 Å². The SMILES string of the molecule is Nc1ccc(Cl)cc1OCc1ccccc1F. The minimum absolute atomic E-state index is 0.122. The molecule has 0 aliphatic carbocycles. The van der Waals surface area contributed by atoms with E-state index in [1.165, 1.54) is 6.07 Å². The van der Waals surface area contributed by atoms with E-state index >= 15 is 0 Å². The van der Waals surface area contributed by atoms with Crippen LogP contribution in [-0.4, -0.2) is 0 Å². The van der Waals surface area contributed by atoms with Crippen LogP contribution in [0.3, 0.4) is 0 Å². The van der Waals surface area contributed by atoms with Crippen LogP contribution in [0.25, 0.3) is 0 Å². The predicted molar refractivity (Wildman–Crippen MR) is 66.6 cm³/mol. The van der Waals surface area contributed by atoms with Gasteiger partial charge in [0.05, 0.1) is 5.69 Å². The molecule has 2 rings (SSSR count). The first kappa shape index (κ1) is 11.7. The number of hydrogen-bond acceptors (Lipinski definition) is 2. The molecule has 0 bridgehead atoms. The van der Waals surface area contributed by atoms with E-state index in [1.807, 2.05) is 0 Å².